The summed E-state index contributed by atoms with van der Waals surface area (Å²) in [6, 6.07) is 7.56. The van der Waals surface area contributed by atoms with Crippen LogP contribution < -0.4 is 5.32 Å². The molecule has 2 saturated carbocycles. The van der Waals surface area contributed by atoms with Gasteiger partial charge in [-0.05, 0) is 55.9 Å². The number of benzene rings is 1. The molecule has 2 bridgehead atoms. The highest BCUT2D eigenvalue weighted by molar-refractivity contribution is 5.23. The van der Waals surface area contributed by atoms with E-state index in [9.17, 15) is 4.39 Å². The largest absolute Gasteiger partial charge is 0.381 e. The number of piperidine rings is 1. The molecule has 0 spiro atoms. The molecule has 0 radical (unpaired) electrons. The maximum Gasteiger partial charge on any atom is 0.127 e. The summed E-state index contributed by atoms with van der Waals surface area (Å²) in [5, 5.41) is 3.76. The molecule has 2 aliphatic carbocycles. The van der Waals surface area contributed by atoms with E-state index in [1.807, 2.05) is 19.2 Å². The van der Waals surface area contributed by atoms with Crippen molar-refractivity contribution in [3.63, 3.8) is 0 Å². The summed E-state index contributed by atoms with van der Waals surface area (Å²) in [6.45, 7) is 4.20. The lowest BCUT2D eigenvalue weighted by Gasteiger charge is -2.34. The minimum Gasteiger partial charge on any atom is -0.381 e. The number of halogens is 1. The van der Waals surface area contributed by atoms with Crippen LogP contribution in [0.2, 0.25) is 0 Å². The first-order chi connectivity index (χ1) is 12.7. The number of hydrogen-bond acceptors (Lipinski definition) is 3. The molecule has 4 atom stereocenters. The molecule has 3 fully saturated rings. The first-order valence-electron chi connectivity index (χ1n) is 10.5. The zero-order valence-electron chi connectivity index (χ0n) is 16.0. The van der Waals surface area contributed by atoms with E-state index in [1.165, 1.54) is 25.7 Å². The van der Waals surface area contributed by atoms with E-state index in [-0.39, 0.29) is 11.9 Å². The molecule has 1 aromatic carbocycles. The summed E-state index contributed by atoms with van der Waals surface area (Å²) < 4.78 is 20.0. The van der Waals surface area contributed by atoms with Gasteiger partial charge in [0.2, 0.25) is 0 Å². The van der Waals surface area contributed by atoms with Crippen molar-refractivity contribution in [2.24, 2.45) is 17.8 Å². The minimum atomic E-state index is -0.0475. The van der Waals surface area contributed by atoms with Crippen molar-refractivity contribution in [1.29, 1.82) is 0 Å². The van der Waals surface area contributed by atoms with Crippen LogP contribution in [0, 0.1) is 23.6 Å². The number of rotatable bonds is 7. The Kier molecular flexibility index (Phi) is 5.92. The van der Waals surface area contributed by atoms with Crippen molar-refractivity contribution in [3.8, 4) is 0 Å². The topological polar surface area (TPSA) is 24.5 Å². The van der Waals surface area contributed by atoms with Gasteiger partial charge in [-0.1, -0.05) is 24.6 Å². The van der Waals surface area contributed by atoms with Crippen LogP contribution in [0.1, 0.15) is 50.1 Å². The molecule has 3 nitrogen and oxygen atoms in total. The average Bonchev–Trinajstić information content (AvgIpc) is 3.30. The summed E-state index contributed by atoms with van der Waals surface area (Å²) in [6.07, 6.45) is 8.04. The lowest BCUT2D eigenvalue weighted by molar-refractivity contribution is 0.0410. The molecule has 1 aromatic rings. The van der Waals surface area contributed by atoms with E-state index in [1.54, 1.807) is 12.1 Å². The van der Waals surface area contributed by atoms with Crippen LogP contribution in [0.15, 0.2) is 24.3 Å². The number of likely N-dealkylation sites (tertiary alicyclic amines) is 1. The Morgan fingerprint density at radius 1 is 1.15 bits per heavy atom. The third-order valence-corrected chi connectivity index (χ3v) is 7.12. The van der Waals surface area contributed by atoms with Gasteiger partial charge in [-0.25, -0.2) is 4.39 Å². The van der Waals surface area contributed by atoms with Crippen LogP contribution in [0.3, 0.4) is 0 Å². The molecular formula is C22H33FN2O. The Labute approximate surface area is 157 Å². The van der Waals surface area contributed by atoms with Crippen LogP contribution >= 0.6 is 0 Å². The molecule has 1 aliphatic heterocycles. The molecule has 1 saturated heterocycles. The molecule has 1 N–H and O–H groups in total. The van der Waals surface area contributed by atoms with Gasteiger partial charge in [-0.3, -0.25) is 0 Å². The Morgan fingerprint density at radius 3 is 2.62 bits per heavy atom. The third-order valence-electron chi connectivity index (χ3n) is 7.12. The molecule has 4 rings (SSSR count). The second-order valence-corrected chi connectivity index (χ2v) is 8.57. The maximum atomic E-state index is 14.5. The number of methoxy groups -OCH3 is 1. The van der Waals surface area contributed by atoms with Gasteiger partial charge in [0.05, 0.1) is 6.10 Å². The lowest BCUT2D eigenvalue weighted by atomic mass is 9.80. The molecule has 4 heteroatoms. The van der Waals surface area contributed by atoms with Gasteiger partial charge >= 0.3 is 0 Å². The number of fused-ring (bicyclic) bond motifs is 2. The number of hydrogen-bond donors (Lipinski definition) is 1. The smallest absolute Gasteiger partial charge is 0.127 e. The first kappa shape index (κ1) is 18.4. The molecule has 26 heavy (non-hydrogen) atoms. The van der Waals surface area contributed by atoms with Crippen molar-refractivity contribution >= 4 is 0 Å². The second-order valence-electron chi connectivity index (χ2n) is 8.57. The van der Waals surface area contributed by atoms with Crippen LogP contribution in [-0.4, -0.2) is 44.3 Å². The second kappa shape index (κ2) is 8.37. The van der Waals surface area contributed by atoms with E-state index in [0.717, 1.165) is 56.4 Å². The minimum absolute atomic E-state index is 0.0475. The van der Waals surface area contributed by atoms with Crippen LogP contribution in [0.25, 0.3) is 0 Å². The maximum absolute atomic E-state index is 14.5. The predicted octanol–water partition coefficient (Wildman–Crippen LogP) is 4.00. The highest BCUT2D eigenvalue weighted by Gasteiger charge is 2.43. The fraction of sp³-hybridized carbons (Fsp3) is 0.727. The number of nitrogens with one attached hydrogen (secondary N) is 1. The molecule has 3 aliphatic rings. The molecule has 0 aromatic heterocycles. The van der Waals surface area contributed by atoms with Crippen molar-refractivity contribution in [2.75, 3.05) is 33.3 Å². The van der Waals surface area contributed by atoms with Gasteiger partial charge in [-0.2, -0.15) is 0 Å². The Bertz CT molecular complexity index is 587. The van der Waals surface area contributed by atoms with E-state index in [2.05, 4.69) is 10.2 Å². The van der Waals surface area contributed by atoms with Crippen LogP contribution in [0.5, 0.6) is 0 Å². The van der Waals surface area contributed by atoms with Gasteiger partial charge in [0.1, 0.15) is 5.82 Å². The predicted molar refractivity (Wildman–Crippen MR) is 103 cm³/mol. The molecule has 144 valence electrons. The van der Waals surface area contributed by atoms with E-state index >= 15 is 0 Å². The molecular weight excluding hydrogens is 327 g/mol. The first-order valence-corrected chi connectivity index (χ1v) is 10.5. The molecule has 4 unspecified atom stereocenters. The van der Waals surface area contributed by atoms with Crippen LogP contribution in [-0.2, 0) is 4.74 Å². The quantitative estimate of drug-likeness (QED) is 0.795. The van der Waals surface area contributed by atoms with Gasteiger partial charge < -0.3 is 15.0 Å². The zero-order valence-corrected chi connectivity index (χ0v) is 16.0. The fourth-order valence-electron chi connectivity index (χ4n) is 5.67. The van der Waals surface area contributed by atoms with Gasteiger partial charge in [0.15, 0.2) is 0 Å². The summed E-state index contributed by atoms with van der Waals surface area (Å²) >= 11 is 0. The summed E-state index contributed by atoms with van der Waals surface area (Å²) in [5.74, 6) is 2.22. The Morgan fingerprint density at radius 2 is 1.96 bits per heavy atom. The highest BCUT2D eigenvalue weighted by atomic mass is 19.1. The normalized spacial score (nSPS) is 30.8. The summed E-state index contributed by atoms with van der Waals surface area (Å²) in [5.41, 5.74) is 0.878. The number of nitrogens with zero attached hydrogens (tertiary/aromatic N) is 1. The van der Waals surface area contributed by atoms with Gasteiger partial charge in [0, 0.05) is 44.9 Å². The van der Waals surface area contributed by atoms with Crippen molar-refractivity contribution < 1.29 is 9.13 Å². The third kappa shape index (κ3) is 3.97. The highest BCUT2D eigenvalue weighted by Crippen LogP contribution is 2.52. The lowest BCUT2D eigenvalue weighted by Crippen LogP contribution is -2.42. The van der Waals surface area contributed by atoms with E-state index in [0.29, 0.717) is 12.0 Å². The summed E-state index contributed by atoms with van der Waals surface area (Å²) in [4.78, 5) is 2.52. The standard InChI is InChI=1S/C22H33FN2O/c1-26-18-8-11-25(12-9-18)13-10-24-22(19-4-2-3-5-21(19)23)20-15-16-6-7-17(20)14-16/h2-5,16-18,20,22,24H,6-15H2,1H3. The average molecular weight is 361 g/mol. The zero-order chi connectivity index (χ0) is 17.9. The summed E-state index contributed by atoms with van der Waals surface area (Å²) in [7, 11) is 1.82. The molecule has 0 amide bonds. The van der Waals surface area contributed by atoms with Crippen LogP contribution in [0.4, 0.5) is 4.39 Å². The monoisotopic (exact) mass is 360 g/mol. The van der Waals surface area contributed by atoms with Gasteiger partial charge in [-0.15, -0.1) is 0 Å². The van der Waals surface area contributed by atoms with Crippen molar-refractivity contribution in [2.45, 2.75) is 50.7 Å². The SMILES string of the molecule is COC1CCN(CCNC(c2ccccc2F)C2CC3CCC2C3)CC1. The van der Waals surface area contributed by atoms with Crippen molar-refractivity contribution in [1.82, 2.24) is 10.2 Å². The number of ether oxygens (including phenoxy) is 1. The van der Waals surface area contributed by atoms with Gasteiger partial charge in [0.25, 0.3) is 0 Å². The Hall–Kier alpha value is -0.970. The Balaban J connectivity index is 1.37. The fourth-order valence-corrected chi connectivity index (χ4v) is 5.67. The van der Waals surface area contributed by atoms with Crippen molar-refractivity contribution in [3.05, 3.63) is 35.6 Å². The van der Waals surface area contributed by atoms with E-state index in [4.69, 9.17) is 4.74 Å². The molecule has 1 heterocycles. The van der Waals surface area contributed by atoms with E-state index < -0.39 is 0 Å².